The summed E-state index contributed by atoms with van der Waals surface area (Å²) in [7, 11) is 0. The minimum atomic E-state index is -6.45. The lowest BCUT2D eigenvalue weighted by Gasteiger charge is -2.26. The van der Waals surface area contributed by atoms with E-state index < -0.39 is 43.6 Å². The Morgan fingerprint density at radius 1 is 0.481 bits per heavy atom. The summed E-state index contributed by atoms with van der Waals surface area (Å²) >= 11 is 0. The number of hydrogen-bond donors (Lipinski definition) is 0. The average Bonchev–Trinajstić information content (AvgIpc) is 2.30. The lowest BCUT2D eigenvalue weighted by molar-refractivity contribution is -0.649. The van der Waals surface area contributed by atoms with E-state index in [1.54, 1.807) is 0 Å². The number of rotatable bonds is 10. The summed E-state index contributed by atoms with van der Waals surface area (Å²) < 4.78 is 177. The van der Waals surface area contributed by atoms with Crippen LogP contribution in [-0.4, -0.2) is 31.5 Å². The number of halogens is 14. The maximum atomic E-state index is 12.6. The molecule has 0 aliphatic heterocycles. The zero-order valence-corrected chi connectivity index (χ0v) is 11.2. The molecule has 0 heterocycles. The summed E-state index contributed by atoms with van der Waals surface area (Å²) in [5.74, 6) is 0. The molecule has 0 aromatic rings. The third kappa shape index (κ3) is 11.6. The number of ether oxygens (including phenoxy) is 4. The van der Waals surface area contributed by atoms with E-state index in [2.05, 4.69) is 4.74 Å². The summed E-state index contributed by atoms with van der Waals surface area (Å²) in [5.41, 5.74) is 0. The van der Waals surface area contributed by atoms with Crippen molar-refractivity contribution < 1.29 is 90.2 Å². The summed E-state index contributed by atoms with van der Waals surface area (Å²) in [4.78, 5) is 3.86. The largest absolute Gasteiger partial charge is 0.549 e. The molecule has 0 spiro atoms. The Hall–Kier alpha value is -1.64. The molecule has 0 aromatic carbocycles. The molecule has 0 rings (SSSR count). The van der Waals surface area contributed by atoms with E-state index in [0.717, 1.165) is 0 Å². The first-order valence-electron chi connectivity index (χ1n) is 5.10. The van der Waals surface area contributed by atoms with Crippen molar-refractivity contribution in [3.05, 3.63) is 12.1 Å². The second-order valence-corrected chi connectivity index (χ2v) is 3.41. The monoisotopic (exact) mass is 446 g/mol. The summed E-state index contributed by atoms with van der Waals surface area (Å²) in [6, 6.07) is -3.51. The zero-order chi connectivity index (χ0) is 21.9. The van der Waals surface area contributed by atoms with Crippen LogP contribution in [0, 0.1) is 0 Å². The molecule has 0 fully saturated rings. The minimum absolute atomic E-state index is 1.88. The Morgan fingerprint density at radius 3 is 1.22 bits per heavy atom. The highest BCUT2D eigenvalue weighted by molar-refractivity contribution is 4.81. The van der Waals surface area contributed by atoms with Crippen LogP contribution in [-0.2, 0) is 28.7 Å². The Kier molecular flexibility index (Phi) is 7.66. The molecular formula is C7F14O6. The molecule has 0 bridgehead atoms. The molecule has 0 aliphatic rings. The average molecular weight is 446 g/mol. The van der Waals surface area contributed by atoms with E-state index in [4.69, 9.17) is 0 Å². The Morgan fingerprint density at radius 2 is 0.852 bits per heavy atom. The standard InChI is InChI=1S/C7F14O6/c8-1(9)2(10)22-4(14,15)23-5(16,17)24-6(18,19)25-7(20,21)27-26-3(11,12)13. The molecule has 6 nitrogen and oxygen atoms in total. The van der Waals surface area contributed by atoms with Gasteiger partial charge in [0.15, 0.2) is 0 Å². The SMILES string of the molecule is FC(F)=C(F)OC(F)(F)OC(F)(F)OC(F)(F)OC(F)(F)OOC(F)(F)F. The van der Waals surface area contributed by atoms with Crippen LogP contribution in [0.1, 0.15) is 0 Å². The fourth-order valence-electron chi connectivity index (χ4n) is 0.733. The van der Waals surface area contributed by atoms with Gasteiger partial charge in [0, 0.05) is 0 Å². The molecule has 0 aliphatic carbocycles. The van der Waals surface area contributed by atoms with Gasteiger partial charge in [0.25, 0.3) is 0 Å². The molecule has 0 saturated heterocycles. The van der Waals surface area contributed by atoms with Crippen LogP contribution < -0.4 is 0 Å². The van der Waals surface area contributed by atoms with Crippen molar-refractivity contribution in [2.75, 3.05) is 0 Å². The molecule has 0 radical (unpaired) electrons. The Bertz CT molecular complexity index is 525. The van der Waals surface area contributed by atoms with E-state index in [1.165, 1.54) is 0 Å². The van der Waals surface area contributed by atoms with Crippen molar-refractivity contribution in [1.82, 2.24) is 0 Å². The fourth-order valence-corrected chi connectivity index (χ4v) is 0.733. The van der Waals surface area contributed by atoms with Crippen molar-refractivity contribution in [2.45, 2.75) is 31.5 Å². The van der Waals surface area contributed by atoms with Crippen LogP contribution in [0.2, 0.25) is 0 Å². The second-order valence-electron chi connectivity index (χ2n) is 3.41. The Balaban J connectivity index is 5.01. The van der Waals surface area contributed by atoms with Gasteiger partial charge in [0.1, 0.15) is 0 Å². The summed E-state index contributed by atoms with van der Waals surface area (Å²) in [6.07, 6.45) is -34.9. The lowest BCUT2D eigenvalue weighted by Crippen LogP contribution is -2.45. The molecule has 0 amide bonds. The van der Waals surface area contributed by atoms with E-state index in [-0.39, 0.29) is 0 Å². The van der Waals surface area contributed by atoms with Gasteiger partial charge >= 0.3 is 43.6 Å². The topological polar surface area (TPSA) is 55.4 Å². The van der Waals surface area contributed by atoms with E-state index in [1.807, 2.05) is 24.0 Å². The normalized spacial score (nSPS) is 14.3. The number of hydrogen-bond acceptors (Lipinski definition) is 6. The second kappa shape index (κ2) is 8.16. The van der Waals surface area contributed by atoms with Gasteiger partial charge in [-0.05, 0) is 0 Å². The van der Waals surface area contributed by atoms with Crippen molar-refractivity contribution in [3.8, 4) is 0 Å². The summed E-state index contributed by atoms with van der Waals surface area (Å²) in [5, 5.41) is 0. The predicted molar refractivity (Wildman–Crippen MR) is 42.7 cm³/mol. The van der Waals surface area contributed by atoms with E-state index >= 15 is 0 Å². The fraction of sp³-hybridized carbons (Fsp3) is 0.714. The molecule has 0 unspecified atom stereocenters. The number of alkyl halides is 11. The molecule has 27 heavy (non-hydrogen) atoms. The van der Waals surface area contributed by atoms with Crippen LogP contribution >= 0.6 is 0 Å². The van der Waals surface area contributed by atoms with Crippen LogP contribution in [0.5, 0.6) is 0 Å². The third-order valence-electron chi connectivity index (χ3n) is 1.30. The van der Waals surface area contributed by atoms with Crippen molar-refractivity contribution in [3.63, 3.8) is 0 Å². The highest BCUT2D eigenvalue weighted by atomic mass is 19.4. The molecule has 0 aromatic heterocycles. The van der Waals surface area contributed by atoms with Crippen molar-refractivity contribution >= 4 is 0 Å². The van der Waals surface area contributed by atoms with Gasteiger partial charge in [0.2, 0.25) is 0 Å². The van der Waals surface area contributed by atoms with Gasteiger partial charge in [-0.2, -0.15) is 17.9 Å². The van der Waals surface area contributed by atoms with E-state index in [9.17, 15) is 61.5 Å². The van der Waals surface area contributed by atoms with Gasteiger partial charge in [-0.1, -0.05) is 0 Å². The van der Waals surface area contributed by atoms with Gasteiger partial charge in [-0.3, -0.25) is 0 Å². The highest BCUT2D eigenvalue weighted by Gasteiger charge is 2.59. The first-order valence-corrected chi connectivity index (χ1v) is 5.10. The quantitative estimate of drug-likeness (QED) is 0.159. The molecule has 0 N–H and O–H groups in total. The van der Waals surface area contributed by atoms with E-state index in [0.29, 0.717) is 0 Å². The third-order valence-corrected chi connectivity index (χ3v) is 1.30. The zero-order valence-electron chi connectivity index (χ0n) is 11.2. The maximum Gasteiger partial charge on any atom is 0.549 e. The van der Waals surface area contributed by atoms with Crippen molar-refractivity contribution in [2.24, 2.45) is 0 Å². The molecule has 20 heteroatoms. The van der Waals surface area contributed by atoms with Gasteiger partial charge in [-0.15, -0.1) is 58.1 Å². The highest BCUT2D eigenvalue weighted by Crippen LogP contribution is 2.38. The molecule has 0 atom stereocenters. The van der Waals surface area contributed by atoms with Crippen LogP contribution in [0.25, 0.3) is 0 Å². The van der Waals surface area contributed by atoms with Gasteiger partial charge in [-0.25, -0.2) is 9.47 Å². The first-order chi connectivity index (χ1) is 11.7. The maximum absolute atomic E-state index is 12.6. The van der Waals surface area contributed by atoms with Crippen molar-refractivity contribution in [1.29, 1.82) is 0 Å². The molecule has 162 valence electrons. The Labute approximate surface area is 135 Å². The summed E-state index contributed by atoms with van der Waals surface area (Å²) in [6.45, 7) is 0. The minimum Gasteiger partial charge on any atom is -0.378 e. The predicted octanol–water partition coefficient (Wildman–Crippen LogP) is 4.76. The van der Waals surface area contributed by atoms with Gasteiger partial charge in [0.05, 0.1) is 0 Å². The molecule has 0 saturated carbocycles. The van der Waals surface area contributed by atoms with Crippen LogP contribution in [0.4, 0.5) is 61.5 Å². The van der Waals surface area contributed by atoms with Crippen LogP contribution in [0.3, 0.4) is 0 Å². The molecular weight excluding hydrogens is 446 g/mol. The lowest BCUT2D eigenvalue weighted by atomic mass is 10.9. The smallest absolute Gasteiger partial charge is 0.378 e. The van der Waals surface area contributed by atoms with Crippen LogP contribution in [0.15, 0.2) is 12.1 Å². The van der Waals surface area contributed by atoms with Gasteiger partial charge < -0.3 is 4.74 Å². The first kappa shape index (κ1) is 25.4.